The van der Waals surface area contributed by atoms with Crippen LogP contribution in [-0.2, 0) is 4.74 Å². The number of pyridine rings is 1. The Morgan fingerprint density at radius 2 is 2.12 bits per heavy atom. The van der Waals surface area contributed by atoms with Crippen LogP contribution < -0.4 is 4.74 Å². The van der Waals surface area contributed by atoms with E-state index in [9.17, 15) is 4.79 Å². The van der Waals surface area contributed by atoms with Crippen LogP contribution in [0.25, 0.3) is 0 Å². The summed E-state index contributed by atoms with van der Waals surface area (Å²) in [6.45, 7) is 9.22. The van der Waals surface area contributed by atoms with Gasteiger partial charge in [0.1, 0.15) is 23.2 Å². The summed E-state index contributed by atoms with van der Waals surface area (Å²) in [7, 11) is 0. The molecule has 0 bridgehead atoms. The number of nitrogens with zero attached hydrogens (tertiary/aromatic N) is 2. The van der Waals surface area contributed by atoms with E-state index in [1.807, 2.05) is 39.8 Å². The predicted molar refractivity (Wildman–Crippen MR) is 92.7 cm³/mol. The van der Waals surface area contributed by atoms with Crippen molar-refractivity contribution in [2.24, 2.45) is 0 Å². The summed E-state index contributed by atoms with van der Waals surface area (Å²) in [5.74, 6) is 1.98. The van der Waals surface area contributed by atoms with E-state index >= 15 is 0 Å². The topological polar surface area (TPSA) is 64.8 Å². The monoisotopic (exact) mass is 344 g/mol. The zero-order valence-electron chi connectivity index (χ0n) is 15.1. The first kappa shape index (κ1) is 17.5. The van der Waals surface area contributed by atoms with E-state index in [0.717, 1.165) is 11.5 Å². The Labute approximate surface area is 147 Å². The average molecular weight is 344 g/mol. The van der Waals surface area contributed by atoms with E-state index in [4.69, 9.17) is 13.9 Å². The Balaban J connectivity index is 1.73. The summed E-state index contributed by atoms with van der Waals surface area (Å²) in [6.07, 6.45) is 1.36. The van der Waals surface area contributed by atoms with Crippen LogP contribution in [0.2, 0.25) is 0 Å². The largest absolute Gasteiger partial charge is 0.472 e. The number of ether oxygens (including phenoxy) is 2. The van der Waals surface area contributed by atoms with E-state index in [-0.39, 0.29) is 17.6 Å². The molecule has 1 fully saturated rings. The molecule has 0 spiro atoms. The molecule has 6 heteroatoms. The van der Waals surface area contributed by atoms with Gasteiger partial charge in [-0.25, -0.2) is 4.98 Å². The van der Waals surface area contributed by atoms with Crippen LogP contribution in [0.5, 0.6) is 5.88 Å². The zero-order chi connectivity index (χ0) is 18.0. The minimum atomic E-state index is -0.365. The second kappa shape index (κ2) is 6.88. The SMILES string of the molecule is Cc1ccc([C@H]2CN(C(=O)c3ccnc(OC(C)(C)C)c3)CCO2)o1. The van der Waals surface area contributed by atoms with Gasteiger partial charge in [-0.1, -0.05) is 0 Å². The van der Waals surface area contributed by atoms with Crippen molar-refractivity contribution in [3.05, 3.63) is 47.5 Å². The number of carbonyl (C=O) groups excluding carboxylic acids is 1. The normalized spacial score (nSPS) is 18.2. The molecule has 3 rings (SSSR count). The molecule has 1 saturated heterocycles. The van der Waals surface area contributed by atoms with Crippen molar-refractivity contribution in [2.75, 3.05) is 19.7 Å². The second-order valence-electron chi connectivity index (χ2n) is 7.16. The first-order chi connectivity index (χ1) is 11.8. The molecule has 134 valence electrons. The molecule has 6 nitrogen and oxygen atoms in total. The molecule has 2 aromatic rings. The maximum Gasteiger partial charge on any atom is 0.254 e. The predicted octanol–water partition coefficient (Wildman–Crippen LogP) is 3.37. The number of aromatic nitrogens is 1. The van der Waals surface area contributed by atoms with Crippen LogP contribution in [0.4, 0.5) is 0 Å². The van der Waals surface area contributed by atoms with E-state index in [1.165, 1.54) is 0 Å². The maximum atomic E-state index is 12.9. The Morgan fingerprint density at radius 3 is 2.80 bits per heavy atom. The third kappa shape index (κ3) is 4.39. The smallest absolute Gasteiger partial charge is 0.254 e. The fraction of sp³-hybridized carbons (Fsp3) is 0.474. The summed E-state index contributed by atoms with van der Waals surface area (Å²) in [5.41, 5.74) is 0.195. The summed E-state index contributed by atoms with van der Waals surface area (Å²) >= 11 is 0. The standard InChI is InChI=1S/C19H24N2O4/c1-13-5-6-15(24-13)16-12-21(9-10-23-16)18(22)14-7-8-20-17(11-14)25-19(2,3)4/h5-8,11,16H,9-10,12H2,1-4H3/t16-/m1/s1. The quantitative estimate of drug-likeness (QED) is 0.854. The van der Waals surface area contributed by atoms with Crippen LogP contribution in [0.15, 0.2) is 34.9 Å². The van der Waals surface area contributed by atoms with Gasteiger partial charge in [0.2, 0.25) is 5.88 Å². The molecular weight excluding hydrogens is 320 g/mol. The zero-order valence-corrected chi connectivity index (χ0v) is 15.1. The van der Waals surface area contributed by atoms with Gasteiger partial charge in [-0.3, -0.25) is 4.79 Å². The van der Waals surface area contributed by atoms with Crippen molar-refractivity contribution in [1.82, 2.24) is 9.88 Å². The van der Waals surface area contributed by atoms with E-state index in [2.05, 4.69) is 4.98 Å². The van der Waals surface area contributed by atoms with Crippen molar-refractivity contribution < 1.29 is 18.7 Å². The van der Waals surface area contributed by atoms with Crippen LogP contribution in [-0.4, -0.2) is 41.1 Å². The maximum absolute atomic E-state index is 12.9. The molecule has 1 aliphatic rings. The van der Waals surface area contributed by atoms with E-state index in [0.29, 0.717) is 31.1 Å². The summed E-state index contributed by atoms with van der Waals surface area (Å²) in [5, 5.41) is 0. The van der Waals surface area contributed by atoms with Crippen LogP contribution in [0.1, 0.15) is 48.8 Å². The lowest BCUT2D eigenvalue weighted by molar-refractivity contribution is -0.0324. The van der Waals surface area contributed by atoms with Crippen molar-refractivity contribution >= 4 is 5.91 Å². The highest BCUT2D eigenvalue weighted by atomic mass is 16.5. The second-order valence-corrected chi connectivity index (χ2v) is 7.16. The number of furan rings is 1. The Morgan fingerprint density at radius 1 is 1.32 bits per heavy atom. The number of rotatable bonds is 3. The first-order valence-corrected chi connectivity index (χ1v) is 8.44. The van der Waals surface area contributed by atoms with Gasteiger partial charge >= 0.3 is 0 Å². The van der Waals surface area contributed by atoms with Gasteiger partial charge in [0.05, 0.1) is 13.2 Å². The molecule has 0 aromatic carbocycles. The first-order valence-electron chi connectivity index (χ1n) is 8.44. The third-order valence-electron chi connectivity index (χ3n) is 3.82. The molecule has 1 amide bonds. The molecule has 0 saturated carbocycles. The van der Waals surface area contributed by atoms with Gasteiger partial charge < -0.3 is 18.8 Å². The lowest BCUT2D eigenvalue weighted by atomic mass is 10.1. The van der Waals surface area contributed by atoms with E-state index < -0.39 is 0 Å². The van der Waals surface area contributed by atoms with Gasteiger partial charge in [0.15, 0.2) is 0 Å². The minimum absolute atomic E-state index is 0.0577. The van der Waals surface area contributed by atoms with Crippen molar-refractivity contribution in [1.29, 1.82) is 0 Å². The van der Waals surface area contributed by atoms with Crippen molar-refractivity contribution in [2.45, 2.75) is 39.4 Å². The molecule has 2 aromatic heterocycles. The highest BCUT2D eigenvalue weighted by Gasteiger charge is 2.28. The fourth-order valence-electron chi connectivity index (χ4n) is 2.73. The summed E-state index contributed by atoms with van der Waals surface area (Å²) < 4.78 is 17.1. The number of amides is 1. The molecule has 0 aliphatic carbocycles. The molecular formula is C19H24N2O4. The number of hydrogen-bond acceptors (Lipinski definition) is 5. The molecule has 1 atom stereocenters. The lowest BCUT2D eigenvalue weighted by Gasteiger charge is -2.32. The molecule has 25 heavy (non-hydrogen) atoms. The van der Waals surface area contributed by atoms with Crippen molar-refractivity contribution in [3.63, 3.8) is 0 Å². The molecule has 0 radical (unpaired) electrons. The summed E-state index contributed by atoms with van der Waals surface area (Å²) in [4.78, 5) is 18.8. The number of aryl methyl sites for hydroxylation is 1. The van der Waals surface area contributed by atoms with Gasteiger partial charge in [-0.05, 0) is 45.9 Å². The van der Waals surface area contributed by atoms with Gasteiger partial charge in [0, 0.05) is 24.4 Å². The molecule has 0 N–H and O–H groups in total. The highest BCUT2D eigenvalue weighted by molar-refractivity contribution is 5.94. The van der Waals surface area contributed by atoms with Crippen LogP contribution in [0.3, 0.4) is 0 Å². The third-order valence-corrected chi connectivity index (χ3v) is 3.82. The fourth-order valence-corrected chi connectivity index (χ4v) is 2.73. The van der Waals surface area contributed by atoms with Gasteiger partial charge in [-0.15, -0.1) is 0 Å². The number of morpholine rings is 1. The molecule has 3 heterocycles. The van der Waals surface area contributed by atoms with E-state index in [1.54, 1.807) is 23.2 Å². The number of carbonyl (C=O) groups is 1. The lowest BCUT2D eigenvalue weighted by Crippen LogP contribution is -2.42. The number of hydrogen-bond donors (Lipinski definition) is 0. The van der Waals surface area contributed by atoms with Gasteiger partial charge in [-0.2, -0.15) is 0 Å². The Hall–Kier alpha value is -2.34. The minimum Gasteiger partial charge on any atom is -0.472 e. The van der Waals surface area contributed by atoms with Crippen LogP contribution >= 0.6 is 0 Å². The molecule has 0 unspecified atom stereocenters. The van der Waals surface area contributed by atoms with Crippen LogP contribution in [0, 0.1) is 6.92 Å². The van der Waals surface area contributed by atoms with Gasteiger partial charge in [0.25, 0.3) is 5.91 Å². The summed E-state index contributed by atoms with van der Waals surface area (Å²) in [6, 6.07) is 7.20. The average Bonchev–Trinajstić information content (AvgIpc) is 2.99. The highest BCUT2D eigenvalue weighted by Crippen LogP contribution is 2.25. The van der Waals surface area contributed by atoms with Crippen molar-refractivity contribution in [3.8, 4) is 5.88 Å². The Bertz CT molecular complexity index is 748. The Kier molecular flexibility index (Phi) is 4.81. The molecule has 1 aliphatic heterocycles.